The number of methoxy groups -OCH3 is 1. The average molecular weight is 499 g/mol. The van der Waals surface area contributed by atoms with Crippen LogP contribution in [0.2, 0.25) is 5.02 Å². The SMILES string of the molecule is COc1ccc(NC(=O)C2CCC(N3Cc4c(C)cc(NCCN(C)C)cc4C3=O)CC2)cc1Cl. The standard InChI is InChI=1S/C27H35ClN4O3/c1-17-13-20(29-11-12-31(2)3)14-22-23(17)16-32(27(22)34)21-8-5-18(6-9-21)26(33)30-19-7-10-25(35-4)24(28)15-19/h7,10,13-15,18,21,29H,5-6,8-9,11-12,16H2,1-4H3,(H,30,33). The number of aryl methyl sites for hydroxylation is 1. The molecule has 2 N–H and O–H groups in total. The van der Waals surface area contributed by atoms with Gasteiger partial charge in [-0.05, 0) is 88.2 Å². The van der Waals surface area contributed by atoms with Crippen LogP contribution in [-0.2, 0) is 11.3 Å². The summed E-state index contributed by atoms with van der Waals surface area (Å²) in [5.74, 6) is 0.625. The van der Waals surface area contributed by atoms with Gasteiger partial charge in [0.15, 0.2) is 0 Å². The minimum Gasteiger partial charge on any atom is -0.495 e. The first-order valence-electron chi connectivity index (χ1n) is 12.2. The summed E-state index contributed by atoms with van der Waals surface area (Å²) in [6, 6.07) is 9.54. The van der Waals surface area contributed by atoms with E-state index >= 15 is 0 Å². The number of likely N-dealkylation sites (N-methyl/N-ethyl adjacent to an activating group) is 1. The molecular formula is C27H35ClN4O3. The number of ether oxygens (including phenoxy) is 1. The fourth-order valence-corrected chi connectivity index (χ4v) is 5.33. The molecule has 0 saturated heterocycles. The fraction of sp³-hybridized carbons (Fsp3) is 0.481. The smallest absolute Gasteiger partial charge is 0.254 e. The lowest BCUT2D eigenvalue weighted by Gasteiger charge is -2.34. The molecule has 0 unspecified atom stereocenters. The number of amides is 2. The van der Waals surface area contributed by atoms with Gasteiger partial charge in [-0.25, -0.2) is 0 Å². The molecule has 1 fully saturated rings. The summed E-state index contributed by atoms with van der Waals surface area (Å²) in [6.07, 6.45) is 3.18. The van der Waals surface area contributed by atoms with Crippen LogP contribution in [0.15, 0.2) is 30.3 Å². The highest BCUT2D eigenvalue weighted by molar-refractivity contribution is 6.32. The highest BCUT2D eigenvalue weighted by atomic mass is 35.5. The molecule has 0 radical (unpaired) electrons. The van der Waals surface area contributed by atoms with Crippen molar-refractivity contribution in [2.24, 2.45) is 5.92 Å². The van der Waals surface area contributed by atoms with Gasteiger partial charge >= 0.3 is 0 Å². The van der Waals surface area contributed by atoms with Crippen LogP contribution >= 0.6 is 11.6 Å². The zero-order valence-electron chi connectivity index (χ0n) is 21.0. The molecule has 188 valence electrons. The first-order valence-corrected chi connectivity index (χ1v) is 12.6. The van der Waals surface area contributed by atoms with Gasteiger partial charge in [0.1, 0.15) is 5.75 Å². The molecule has 2 amide bonds. The van der Waals surface area contributed by atoms with Gasteiger partial charge < -0.3 is 25.2 Å². The van der Waals surface area contributed by atoms with E-state index in [9.17, 15) is 9.59 Å². The molecule has 1 aliphatic carbocycles. The van der Waals surface area contributed by atoms with Crippen LogP contribution in [0.3, 0.4) is 0 Å². The van der Waals surface area contributed by atoms with Crippen LogP contribution in [0.25, 0.3) is 0 Å². The number of nitrogens with zero attached hydrogens (tertiary/aromatic N) is 2. The van der Waals surface area contributed by atoms with E-state index in [2.05, 4.69) is 28.5 Å². The van der Waals surface area contributed by atoms with Crippen molar-refractivity contribution in [2.75, 3.05) is 44.9 Å². The molecule has 0 atom stereocenters. The zero-order chi connectivity index (χ0) is 25.1. The van der Waals surface area contributed by atoms with Gasteiger partial charge in [-0.1, -0.05) is 11.6 Å². The van der Waals surface area contributed by atoms with Crippen LogP contribution in [-0.4, -0.2) is 62.0 Å². The molecule has 1 heterocycles. The van der Waals surface area contributed by atoms with Gasteiger partial charge in [-0.2, -0.15) is 0 Å². The van der Waals surface area contributed by atoms with Crippen molar-refractivity contribution in [2.45, 2.75) is 45.2 Å². The number of hydrogen-bond acceptors (Lipinski definition) is 5. The van der Waals surface area contributed by atoms with Gasteiger partial charge in [0, 0.05) is 48.5 Å². The molecule has 2 aliphatic rings. The van der Waals surface area contributed by atoms with Gasteiger partial charge in [-0.15, -0.1) is 0 Å². The summed E-state index contributed by atoms with van der Waals surface area (Å²) in [5.41, 5.74) is 4.76. The van der Waals surface area contributed by atoms with Crippen LogP contribution < -0.4 is 15.4 Å². The summed E-state index contributed by atoms with van der Waals surface area (Å²) >= 11 is 6.18. The van der Waals surface area contributed by atoms with Crippen LogP contribution in [0.1, 0.15) is 47.2 Å². The normalized spacial score (nSPS) is 19.6. The molecule has 1 aliphatic heterocycles. The third-order valence-electron chi connectivity index (χ3n) is 7.11. The number of fused-ring (bicyclic) bond motifs is 1. The van der Waals surface area contributed by atoms with Crippen molar-refractivity contribution in [1.82, 2.24) is 9.80 Å². The largest absolute Gasteiger partial charge is 0.495 e. The predicted octanol–water partition coefficient (Wildman–Crippen LogP) is 4.78. The number of benzene rings is 2. The Bertz CT molecular complexity index is 1100. The minimum atomic E-state index is -0.0681. The highest BCUT2D eigenvalue weighted by Crippen LogP contribution is 2.36. The Kier molecular flexibility index (Phi) is 7.87. The maximum absolute atomic E-state index is 13.3. The highest BCUT2D eigenvalue weighted by Gasteiger charge is 2.37. The van der Waals surface area contributed by atoms with E-state index in [0.29, 0.717) is 23.0 Å². The van der Waals surface area contributed by atoms with Crippen molar-refractivity contribution in [3.8, 4) is 5.75 Å². The third kappa shape index (κ3) is 5.73. The quantitative estimate of drug-likeness (QED) is 0.547. The monoisotopic (exact) mass is 498 g/mol. The zero-order valence-corrected chi connectivity index (χ0v) is 21.7. The topological polar surface area (TPSA) is 73.9 Å². The predicted molar refractivity (Wildman–Crippen MR) is 140 cm³/mol. The van der Waals surface area contributed by atoms with Crippen molar-refractivity contribution in [3.63, 3.8) is 0 Å². The molecule has 2 aromatic rings. The van der Waals surface area contributed by atoms with Crippen molar-refractivity contribution >= 4 is 34.8 Å². The van der Waals surface area contributed by atoms with Crippen LogP contribution in [0, 0.1) is 12.8 Å². The summed E-state index contributed by atoms with van der Waals surface area (Å²) < 4.78 is 5.17. The molecule has 8 heteroatoms. The first kappa shape index (κ1) is 25.3. The Labute approximate surface area is 212 Å². The molecule has 35 heavy (non-hydrogen) atoms. The summed E-state index contributed by atoms with van der Waals surface area (Å²) in [5, 5.41) is 6.88. The first-order chi connectivity index (χ1) is 16.8. The second-order valence-electron chi connectivity index (χ2n) is 9.83. The van der Waals surface area contributed by atoms with Crippen LogP contribution in [0.4, 0.5) is 11.4 Å². The molecule has 4 rings (SSSR count). The minimum absolute atomic E-state index is 0.00463. The number of nitrogens with one attached hydrogen (secondary N) is 2. The number of carbonyl (C=O) groups is 2. The molecule has 0 bridgehead atoms. The maximum Gasteiger partial charge on any atom is 0.254 e. The fourth-order valence-electron chi connectivity index (χ4n) is 5.07. The Hall–Kier alpha value is -2.77. The lowest BCUT2D eigenvalue weighted by Crippen LogP contribution is -2.40. The van der Waals surface area contributed by atoms with Gasteiger partial charge in [-0.3, -0.25) is 9.59 Å². The number of rotatable bonds is 8. The van der Waals surface area contributed by atoms with Gasteiger partial charge in [0.2, 0.25) is 5.91 Å². The molecular weight excluding hydrogens is 464 g/mol. The Morgan fingerprint density at radius 3 is 2.54 bits per heavy atom. The van der Waals surface area contributed by atoms with E-state index in [0.717, 1.165) is 61.2 Å². The lowest BCUT2D eigenvalue weighted by atomic mass is 9.84. The molecule has 7 nitrogen and oxygen atoms in total. The van der Waals surface area contributed by atoms with E-state index in [1.807, 2.05) is 25.1 Å². The second kappa shape index (κ2) is 10.9. The molecule has 1 saturated carbocycles. The summed E-state index contributed by atoms with van der Waals surface area (Å²) in [4.78, 5) is 30.3. The average Bonchev–Trinajstić information content (AvgIpc) is 3.16. The molecule has 0 aromatic heterocycles. The van der Waals surface area contributed by atoms with E-state index in [4.69, 9.17) is 16.3 Å². The maximum atomic E-state index is 13.3. The van der Waals surface area contributed by atoms with Crippen molar-refractivity contribution in [1.29, 1.82) is 0 Å². The van der Waals surface area contributed by atoms with Crippen molar-refractivity contribution in [3.05, 3.63) is 52.0 Å². The Balaban J connectivity index is 1.34. The van der Waals surface area contributed by atoms with Crippen LogP contribution in [0.5, 0.6) is 5.75 Å². The van der Waals surface area contributed by atoms with Gasteiger partial charge in [0.25, 0.3) is 5.91 Å². The number of halogens is 1. The van der Waals surface area contributed by atoms with E-state index in [1.54, 1.807) is 25.3 Å². The number of carbonyl (C=O) groups excluding carboxylic acids is 2. The summed E-state index contributed by atoms with van der Waals surface area (Å²) in [7, 11) is 5.65. The summed E-state index contributed by atoms with van der Waals surface area (Å²) in [6.45, 7) is 4.50. The van der Waals surface area contributed by atoms with Crippen molar-refractivity contribution < 1.29 is 14.3 Å². The van der Waals surface area contributed by atoms with Gasteiger partial charge in [0.05, 0.1) is 12.1 Å². The Morgan fingerprint density at radius 1 is 1.14 bits per heavy atom. The Morgan fingerprint density at radius 2 is 1.89 bits per heavy atom. The molecule has 2 aromatic carbocycles. The van der Waals surface area contributed by atoms with E-state index in [-0.39, 0.29) is 23.8 Å². The number of anilines is 2. The lowest BCUT2D eigenvalue weighted by molar-refractivity contribution is -0.121. The number of hydrogen-bond donors (Lipinski definition) is 2. The second-order valence-corrected chi connectivity index (χ2v) is 10.2. The van der Waals surface area contributed by atoms with E-state index in [1.165, 1.54) is 0 Å². The van der Waals surface area contributed by atoms with E-state index < -0.39 is 0 Å². The third-order valence-corrected chi connectivity index (χ3v) is 7.40. The molecule has 0 spiro atoms.